The number of halogens is 3. The van der Waals surface area contributed by atoms with E-state index in [-0.39, 0.29) is 32.7 Å². The molecule has 3 rings (SSSR count). The molecule has 0 aliphatic heterocycles. The summed E-state index contributed by atoms with van der Waals surface area (Å²) in [6.07, 6.45) is 5.44. The van der Waals surface area contributed by atoms with Gasteiger partial charge in [0.2, 0.25) is 0 Å². The first kappa shape index (κ1) is 19.0. The van der Waals surface area contributed by atoms with Crippen LogP contribution in [0.4, 0.5) is 5.69 Å². The van der Waals surface area contributed by atoms with Gasteiger partial charge in [0.25, 0.3) is 11.8 Å². The highest BCUT2D eigenvalue weighted by Gasteiger charge is 2.22. The van der Waals surface area contributed by atoms with Gasteiger partial charge in [0.15, 0.2) is 0 Å². The zero-order chi connectivity index (χ0) is 18.7. The molecule has 1 fully saturated rings. The lowest BCUT2D eigenvalue weighted by Crippen LogP contribution is -2.33. The van der Waals surface area contributed by atoms with E-state index >= 15 is 0 Å². The van der Waals surface area contributed by atoms with E-state index in [1.165, 1.54) is 6.20 Å². The number of anilines is 1. The number of carbonyl (C=O) groups is 2. The minimum atomic E-state index is -0.574. The van der Waals surface area contributed by atoms with E-state index in [4.69, 9.17) is 34.8 Å². The third-order valence-electron chi connectivity index (χ3n) is 4.24. The Labute approximate surface area is 166 Å². The second kappa shape index (κ2) is 8.25. The van der Waals surface area contributed by atoms with Gasteiger partial charge in [-0.1, -0.05) is 59.8 Å². The van der Waals surface area contributed by atoms with Gasteiger partial charge in [0.1, 0.15) is 5.69 Å². The number of aromatic nitrogens is 1. The Morgan fingerprint density at radius 2 is 1.69 bits per heavy atom. The van der Waals surface area contributed by atoms with Crippen molar-refractivity contribution >= 4 is 52.3 Å². The van der Waals surface area contributed by atoms with Crippen molar-refractivity contribution in [2.45, 2.75) is 31.7 Å². The van der Waals surface area contributed by atoms with Crippen molar-refractivity contribution < 1.29 is 9.59 Å². The number of pyridine rings is 1. The SMILES string of the molecule is O=C(NC1CCCC1)c1ccccc1NC(=O)c1ncc(Cl)c(Cl)c1Cl. The topological polar surface area (TPSA) is 71.1 Å². The Bertz CT molecular complexity index is 852. The monoisotopic (exact) mass is 411 g/mol. The van der Waals surface area contributed by atoms with Crippen LogP contribution in [-0.4, -0.2) is 22.8 Å². The standard InChI is InChI=1S/C18H16Cl3N3O2/c19-12-9-22-16(15(21)14(12)20)18(26)24-13-8-4-3-7-11(13)17(25)23-10-5-1-2-6-10/h3-4,7-10H,1-2,5-6H2,(H,23,25)(H,24,26). The lowest BCUT2D eigenvalue weighted by atomic mass is 10.1. The van der Waals surface area contributed by atoms with Crippen LogP contribution in [0, 0.1) is 0 Å². The van der Waals surface area contributed by atoms with E-state index in [1.807, 2.05) is 0 Å². The highest BCUT2D eigenvalue weighted by Crippen LogP contribution is 2.31. The van der Waals surface area contributed by atoms with Crippen LogP contribution < -0.4 is 10.6 Å². The second-order valence-corrected chi connectivity index (χ2v) is 7.20. The summed E-state index contributed by atoms with van der Waals surface area (Å²) in [5.74, 6) is -0.796. The average Bonchev–Trinajstić information content (AvgIpc) is 3.13. The summed E-state index contributed by atoms with van der Waals surface area (Å²) in [5.41, 5.74) is 0.688. The molecule has 1 aliphatic carbocycles. The Morgan fingerprint density at radius 3 is 2.42 bits per heavy atom. The fraction of sp³-hybridized carbons (Fsp3) is 0.278. The lowest BCUT2D eigenvalue weighted by molar-refractivity contribution is 0.0939. The van der Waals surface area contributed by atoms with Crippen molar-refractivity contribution in [3.05, 3.63) is 56.8 Å². The van der Waals surface area contributed by atoms with Crippen molar-refractivity contribution in [2.24, 2.45) is 0 Å². The molecule has 0 radical (unpaired) electrons. The molecule has 2 amide bonds. The molecule has 0 atom stereocenters. The second-order valence-electron chi connectivity index (χ2n) is 6.04. The molecule has 26 heavy (non-hydrogen) atoms. The molecule has 2 aromatic rings. The zero-order valence-corrected chi connectivity index (χ0v) is 16.0. The average molecular weight is 413 g/mol. The van der Waals surface area contributed by atoms with Gasteiger partial charge in [-0.25, -0.2) is 4.98 Å². The summed E-state index contributed by atoms with van der Waals surface area (Å²) in [5, 5.41) is 5.85. The molecule has 0 saturated heterocycles. The van der Waals surface area contributed by atoms with Crippen molar-refractivity contribution in [3.63, 3.8) is 0 Å². The van der Waals surface area contributed by atoms with Crippen LogP contribution in [0.1, 0.15) is 46.5 Å². The smallest absolute Gasteiger partial charge is 0.275 e. The summed E-state index contributed by atoms with van der Waals surface area (Å²) in [6.45, 7) is 0. The summed E-state index contributed by atoms with van der Waals surface area (Å²) < 4.78 is 0. The van der Waals surface area contributed by atoms with Crippen molar-refractivity contribution in [2.75, 3.05) is 5.32 Å². The molecule has 1 aromatic heterocycles. The van der Waals surface area contributed by atoms with E-state index in [2.05, 4.69) is 15.6 Å². The number of nitrogens with one attached hydrogen (secondary N) is 2. The number of hydrogen-bond donors (Lipinski definition) is 2. The van der Waals surface area contributed by atoms with Gasteiger partial charge >= 0.3 is 0 Å². The Morgan fingerprint density at radius 1 is 1.00 bits per heavy atom. The highest BCUT2D eigenvalue weighted by molar-refractivity contribution is 6.49. The maximum absolute atomic E-state index is 12.6. The van der Waals surface area contributed by atoms with Crippen LogP contribution in [0.25, 0.3) is 0 Å². The molecular formula is C18H16Cl3N3O2. The normalized spacial score (nSPS) is 14.3. The lowest BCUT2D eigenvalue weighted by Gasteiger charge is -2.15. The summed E-state index contributed by atoms with van der Waals surface area (Å²) in [4.78, 5) is 29.0. The molecule has 2 N–H and O–H groups in total. The fourth-order valence-electron chi connectivity index (χ4n) is 2.91. The van der Waals surface area contributed by atoms with Crippen LogP contribution in [0.15, 0.2) is 30.5 Å². The minimum absolute atomic E-state index is 0.0374. The van der Waals surface area contributed by atoms with Crippen LogP contribution in [0.2, 0.25) is 15.1 Å². The van der Waals surface area contributed by atoms with E-state index in [0.29, 0.717) is 11.3 Å². The van der Waals surface area contributed by atoms with Crippen molar-refractivity contribution in [1.82, 2.24) is 10.3 Å². The van der Waals surface area contributed by atoms with E-state index in [0.717, 1.165) is 25.7 Å². The number of benzene rings is 1. The van der Waals surface area contributed by atoms with E-state index in [1.54, 1.807) is 24.3 Å². The number of hydrogen-bond acceptors (Lipinski definition) is 3. The van der Waals surface area contributed by atoms with Crippen LogP contribution in [-0.2, 0) is 0 Å². The Kier molecular flexibility index (Phi) is 6.01. The van der Waals surface area contributed by atoms with Crippen molar-refractivity contribution in [1.29, 1.82) is 0 Å². The predicted octanol–water partition coefficient (Wildman–Crippen LogP) is 4.97. The maximum atomic E-state index is 12.6. The van der Waals surface area contributed by atoms with Gasteiger partial charge in [-0.2, -0.15) is 0 Å². The maximum Gasteiger partial charge on any atom is 0.275 e. The van der Waals surface area contributed by atoms with E-state index < -0.39 is 5.91 Å². The highest BCUT2D eigenvalue weighted by atomic mass is 35.5. The molecular weight excluding hydrogens is 397 g/mol. The van der Waals surface area contributed by atoms with Crippen LogP contribution >= 0.6 is 34.8 Å². The molecule has 8 heteroatoms. The van der Waals surface area contributed by atoms with Gasteiger partial charge in [0, 0.05) is 12.2 Å². The third kappa shape index (κ3) is 4.11. The first-order chi connectivity index (χ1) is 12.5. The van der Waals surface area contributed by atoms with Gasteiger partial charge in [-0.3, -0.25) is 9.59 Å². The van der Waals surface area contributed by atoms with Gasteiger partial charge in [-0.15, -0.1) is 0 Å². The third-order valence-corrected chi connectivity index (χ3v) is 5.48. The zero-order valence-electron chi connectivity index (χ0n) is 13.7. The van der Waals surface area contributed by atoms with Gasteiger partial charge in [0.05, 0.1) is 26.3 Å². The molecule has 1 saturated carbocycles. The molecule has 5 nitrogen and oxygen atoms in total. The summed E-state index contributed by atoms with van der Waals surface area (Å²) in [7, 11) is 0. The molecule has 0 spiro atoms. The first-order valence-electron chi connectivity index (χ1n) is 8.18. The van der Waals surface area contributed by atoms with Gasteiger partial charge in [-0.05, 0) is 25.0 Å². The molecule has 1 aromatic carbocycles. The largest absolute Gasteiger partial charge is 0.349 e. The molecule has 0 unspecified atom stereocenters. The van der Waals surface area contributed by atoms with Crippen LogP contribution in [0.3, 0.4) is 0 Å². The summed E-state index contributed by atoms with van der Waals surface area (Å²) >= 11 is 17.9. The molecule has 1 heterocycles. The van der Waals surface area contributed by atoms with Gasteiger partial charge < -0.3 is 10.6 Å². The Balaban J connectivity index is 1.81. The number of amides is 2. The predicted molar refractivity (Wildman–Crippen MR) is 103 cm³/mol. The van der Waals surface area contributed by atoms with Crippen LogP contribution in [0.5, 0.6) is 0 Å². The molecule has 1 aliphatic rings. The number of para-hydroxylation sites is 1. The molecule has 0 bridgehead atoms. The Hall–Kier alpha value is -1.82. The minimum Gasteiger partial charge on any atom is -0.349 e. The number of carbonyl (C=O) groups excluding carboxylic acids is 2. The van der Waals surface area contributed by atoms with Crippen molar-refractivity contribution in [3.8, 4) is 0 Å². The molecule has 136 valence electrons. The quantitative estimate of drug-likeness (QED) is 0.745. The van der Waals surface area contributed by atoms with E-state index in [9.17, 15) is 9.59 Å². The number of nitrogens with zero attached hydrogens (tertiary/aromatic N) is 1. The number of rotatable bonds is 4. The summed E-state index contributed by atoms with van der Waals surface area (Å²) in [6, 6.07) is 6.95. The fourth-order valence-corrected chi connectivity index (χ4v) is 3.47. The first-order valence-corrected chi connectivity index (χ1v) is 9.31.